The number of sulfonamides is 1. The second-order valence-electron chi connectivity index (χ2n) is 5.63. The first-order chi connectivity index (χ1) is 12.5. The van der Waals surface area contributed by atoms with Crippen LogP contribution in [0.25, 0.3) is 11.3 Å². The maximum Gasteiger partial charge on any atom is 0.242 e. The van der Waals surface area contributed by atoms with E-state index in [0.29, 0.717) is 5.13 Å². The van der Waals surface area contributed by atoms with Crippen LogP contribution >= 0.6 is 11.3 Å². The number of nitrogens with one attached hydrogen (secondary N) is 1. The van der Waals surface area contributed by atoms with Crippen molar-refractivity contribution in [3.05, 3.63) is 65.5 Å². The van der Waals surface area contributed by atoms with Crippen LogP contribution in [-0.4, -0.2) is 38.0 Å². The second kappa shape index (κ2) is 7.77. The van der Waals surface area contributed by atoms with E-state index in [4.69, 9.17) is 0 Å². The van der Waals surface area contributed by atoms with Crippen molar-refractivity contribution < 1.29 is 8.42 Å². The molecule has 1 N–H and O–H groups in total. The molecule has 134 valence electrons. The summed E-state index contributed by atoms with van der Waals surface area (Å²) in [6.45, 7) is 0. The minimum atomic E-state index is -3.42. The first-order valence-electron chi connectivity index (χ1n) is 7.79. The van der Waals surface area contributed by atoms with E-state index in [2.05, 4.69) is 15.5 Å². The minimum Gasteiger partial charge on any atom is -0.253 e. The van der Waals surface area contributed by atoms with Crippen LogP contribution in [0, 0.1) is 0 Å². The highest BCUT2D eigenvalue weighted by Gasteiger charge is 2.17. The van der Waals surface area contributed by atoms with Crippen LogP contribution in [0.5, 0.6) is 0 Å². The number of hydrogen-bond donors (Lipinski definition) is 1. The van der Waals surface area contributed by atoms with Crippen LogP contribution in [0.2, 0.25) is 0 Å². The van der Waals surface area contributed by atoms with Gasteiger partial charge in [-0.05, 0) is 17.7 Å². The molecular weight excluding hydrogens is 368 g/mol. The molecule has 0 fully saturated rings. The van der Waals surface area contributed by atoms with Crippen molar-refractivity contribution in [2.24, 2.45) is 5.10 Å². The average molecular weight is 387 g/mol. The maximum absolute atomic E-state index is 12.1. The molecule has 0 aliphatic carbocycles. The summed E-state index contributed by atoms with van der Waals surface area (Å²) in [5.74, 6) is 0. The Morgan fingerprint density at radius 3 is 2.42 bits per heavy atom. The van der Waals surface area contributed by atoms with Crippen molar-refractivity contribution >= 4 is 32.7 Å². The molecule has 1 heterocycles. The van der Waals surface area contributed by atoms with Gasteiger partial charge >= 0.3 is 0 Å². The van der Waals surface area contributed by atoms with Gasteiger partial charge in [-0.15, -0.1) is 11.3 Å². The minimum absolute atomic E-state index is 0.257. The van der Waals surface area contributed by atoms with Crippen LogP contribution in [0.15, 0.2) is 70.0 Å². The molecule has 0 atom stereocenters. The molecule has 6 nitrogen and oxygen atoms in total. The number of hydrazone groups is 1. The molecule has 0 aliphatic rings. The van der Waals surface area contributed by atoms with Gasteiger partial charge in [0.05, 0.1) is 16.8 Å². The van der Waals surface area contributed by atoms with Crippen LogP contribution in [0.3, 0.4) is 0 Å². The van der Waals surface area contributed by atoms with Crippen molar-refractivity contribution in [2.45, 2.75) is 4.90 Å². The summed E-state index contributed by atoms with van der Waals surface area (Å²) >= 11 is 1.43. The SMILES string of the molecule is CN(C)S(=O)(=O)c1ccc(-c2csc(N/N=C\c3ccccc3)n2)cc1. The highest BCUT2D eigenvalue weighted by Crippen LogP contribution is 2.26. The molecule has 2 aromatic carbocycles. The summed E-state index contributed by atoms with van der Waals surface area (Å²) < 4.78 is 25.4. The summed E-state index contributed by atoms with van der Waals surface area (Å²) in [7, 11) is -0.402. The molecule has 8 heteroatoms. The first kappa shape index (κ1) is 18.2. The number of benzene rings is 2. The van der Waals surface area contributed by atoms with E-state index >= 15 is 0 Å². The van der Waals surface area contributed by atoms with Gasteiger partial charge in [-0.1, -0.05) is 42.5 Å². The third-order valence-electron chi connectivity index (χ3n) is 3.61. The molecule has 26 heavy (non-hydrogen) atoms. The van der Waals surface area contributed by atoms with E-state index in [9.17, 15) is 8.42 Å². The largest absolute Gasteiger partial charge is 0.253 e. The highest BCUT2D eigenvalue weighted by atomic mass is 32.2. The summed E-state index contributed by atoms with van der Waals surface area (Å²) in [5, 5.41) is 6.74. The van der Waals surface area contributed by atoms with Gasteiger partial charge in [0.2, 0.25) is 15.2 Å². The summed E-state index contributed by atoms with van der Waals surface area (Å²) in [4.78, 5) is 4.73. The van der Waals surface area contributed by atoms with E-state index in [0.717, 1.165) is 16.8 Å². The van der Waals surface area contributed by atoms with Gasteiger partial charge in [0.1, 0.15) is 0 Å². The quantitative estimate of drug-likeness (QED) is 0.520. The molecule has 1 aromatic heterocycles. The lowest BCUT2D eigenvalue weighted by Gasteiger charge is -2.11. The van der Waals surface area contributed by atoms with Gasteiger partial charge in [0.25, 0.3) is 0 Å². The van der Waals surface area contributed by atoms with E-state index in [1.54, 1.807) is 30.5 Å². The molecule has 3 rings (SSSR count). The van der Waals surface area contributed by atoms with Crippen molar-refractivity contribution in [3.8, 4) is 11.3 Å². The second-order valence-corrected chi connectivity index (χ2v) is 8.64. The van der Waals surface area contributed by atoms with Crippen LogP contribution in [0.1, 0.15) is 5.56 Å². The number of anilines is 1. The van der Waals surface area contributed by atoms with Crippen molar-refractivity contribution in [1.29, 1.82) is 0 Å². The Kier molecular flexibility index (Phi) is 5.46. The third kappa shape index (κ3) is 4.16. The highest BCUT2D eigenvalue weighted by molar-refractivity contribution is 7.89. The van der Waals surface area contributed by atoms with Gasteiger partial charge < -0.3 is 0 Å². The topological polar surface area (TPSA) is 74.7 Å². The number of thiazole rings is 1. The Bertz CT molecular complexity index is 995. The van der Waals surface area contributed by atoms with E-state index in [1.165, 1.54) is 29.7 Å². The average Bonchev–Trinajstić information content (AvgIpc) is 3.11. The molecule has 0 radical (unpaired) electrons. The lowest BCUT2D eigenvalue weighted by atomic mass is 10.2. The van der Waals surface area contributed by atoms with Gasteiger partial charge in [0.15, 0.2) is 0 Å². The molecule has 0 saturated carbocycles. The smallest absolute Gasteiger partial charge is 0.242 e. The molecule has 0 amide bonds. The monoisotopic (exact) mass is 386 g/mol. The van der Waals surface area contributed by atoms with Gasteiger partial charge in [-0.3, -0.25) is 5.43 Å². The Labute approximate surface area is 156 Å². The Morgan fingerprint density at radius 2 is 1.77 bits per heavy atom. The molecule has 0 aliphatic heterocycles. The zero-order valence-corrected chi connectivity index (χ0v) is 16.0. The standard InChI is InChI=1S/C18H18N4O2S2/c1-22(2)26(23,24)16-10-8-15(9-11-16)17-13-25-18(20-17)21-19-12-14-6-4-3-5-7-14/h3-13H,1-2H3,(H,20,21)/b19-12-. The van der Waals surface area contributed by atoms with E-state index < -0.39 is 10.0 Å². The Morgan fingerprint density at radius 1 is 1.08 bits per heavy atom. The maximum atomic E-state index is 12.1. The third-order valence-corrected chi connectivity index (χ3v) is 6.18. The van der Waals surface area contributed by atoms with Gasteiger partial charge in [-0.25, -0.2) is 17.7 Å². The van der Waals surface area contributed by atoms with Gasteiger partial charge in [-0.2, -0.15) is 5.10 Å². The zero-order chi connectivity index (χ0) is 18.6. The number of aromatic nitrogens is 1. The molecule has 0 saturated heterocycles. The molecule has 0 bridgehead atoms. The molecule has 0 unspecified atom stereocenters. The fourth-order valence-electron chi connectivity index (χ4n) is 2.17. The Balaban J connectivity index is 1.71. The van der Waals surface area contributed by atoms with Crippen LogP contribution in [0.4, 0.5) is 5.13 Å². The zero-order valence-electron chi connectivity index (χ0n) is 14.3. The van der Waals surface area contributed by atoms with E-state index in [-0.39, 0.29) is 4.90 Å². The fraction of sp³-hybridized carbons (Fsp3) is 0.111. The predicted octanol–water partition coefficient (Wildman–Crippen LogP) is 3.51. The van der Waals surface area contributed by atoms with Crippen molar-refractivity contribution in [2.75, 3.05) is 19.5 Å². The summed E-state index contributed by atoms with van der Waals surface area (Å²) in [6, 6.07) is 16.4. The number of rotatable bonds is 6. The Hall–Kier alpha value is -2.55. The van der Waals surface area contributed by atoms with Crippen molar-refractivity contribution in [1.82, 2.24) is 9.29 Å². The van der Waals surface area contributed by atoms with E-state index in [1.807, 2.05) is 35.7 Å². The van der Waals surface area contributed by atoms with Crippen LogP contribution < -0.4 is 5.43 Å². The lowest BCUT2D eigenvalue weighted by molar-refractivity contribution is 0.521. The lowest BCUT2D eigenvalue weighted by Crippen LogP contribution is -2.22. The fourth-order valence-corrected chi connectivity index (χ4v) is 3.74. The normalized spacial score (nSPS) is 12.0. The van der Waals surface area contributed by atoms with Crippen LogP contribution in [-0.2, 0) is 10.0 Å². The molecule has 0 spiro atoms. The molecule has 3 aromatic rings. The van der Waals surface area contributed by atoms with Gasteiger partial charge in [0, 0.05) is 25.0 Å². The predicted molar refractivity (Wildman–Crippen MR) is 106 cm³/mol. The number of hydrogen-bond acceptors (Lipinski definition) is 6. The number of nitrogens with zero attached hydrogens (tertiary/aromatic N) is 3. The summed E-state index contributed by atoms with van der Waals surface area (Å²) in [5.41, 5.74) is 5.51. The summed E-state index contributed by atoms with van der Waals surface area (Å²) in [6.07, 6.45) is 1.72. The van der Waals surface area contributed by atoms with Crippen molar-refractivity contribution in [3.63, 3.8) is 0 Å². The molecular formula is C18H18N4O2S2. The first-order valence-corrected chi connectivity index (χ1v) is 10.1.